The van der Waals surface area contributed by atoms with Gasteiger partial charge in [0.05, 0.1) is 0 Å². The highest BCUT2D eigenvalue weighted by Crippen LogP contribution is 2.23. The quantitative estimate of drug-likeness (QED) is 0.808. The standard InChI is InChI=1S/C12H19NO4S2/c1-4-8(3)11(12(14)15)13-19(16,17)10-7-6-9(5-2)18-10/h6-8,11,13H,4-5H2,1-3H3,(H,14,15). The van der Waals surface area contributed by atoms with E-state index in [-0.39, 0.29) is 10.1 Å². The van der Waals surface area contributed by atoms with E-state index in [9.17, 15) is 13.2 Å². The van der Waals surface area contributed by atoms with E-state index in [1.165, 1.54) is 17.4 Å². The summed E-state index contributed by atoms with van der Waals surface area (Å²) in [6.07, 6.45) is 1.35. The molecule has 108 valence electrons. The van der Waals surface area contributed by atoms with E-state index in [0.717, 1.165) is 11.3 Å². The highest BCUT2D eigenvalue weighted by Gasteiger charge is 2.30. The van der Waals surface area contributed by atoms with Gasteiger partial charge in [0.15, 0.2) is 0 Å². The summed E-state index contributed by atoms with van der Waals surface area (Å²) in [5, 5.41) is 9.11. The molecule has 2 atom stereocenters. The molecule has 0 amide bonds. The van der Waals surface area contributed by atoms with Gasteiger partial charge in [-0.25, -0.2) is 8.42 Å². The van der Waals surface area contributed by atoms with Crippen LogP contribution < -0.4 is 4.72 Å². The number of hydrogen-bond acceptors (Lipinski definition) is 4. The zero-order chi connectivity index (χ0) is 14.6. The Morgan fingerprint density at radius 3 is 2.47 bits per heavy atom. The lowest BCUT2D eigenvalue weighted by molar-refractivity contribution is -0.140. The maximum absolute atomic E-state index is 12.1. The second-order valence-corrected chi connectivity index (χ2v) is 7.51. The van der Waals surface area contributed by atoms with Gasteiger partial charge in [0.2, 0.25) is 0 Å². The number of carboxylic acids is 1. The molecule has 7 heteroatoms. The Morgan fingerprint density at radius 2 is 2.05 bits per heavy atom. The number of sulfonamides is 1. The maximum Gasteiger partial charge on any atom is 0.322 e. The van der Waals surface area contributed by atoms with Crippen LogP contribution in [0.5, 0.6) is 0 Å². The SMILES string of the molecule is CCc1ccc(S(=O)(=O)NC(C(=O)O)C(C)CC)s1. The van der Waals surface area contributed by atoms with Gasteiger partial charge in [-0.15, -0.1) is 11.3 Å². The third kappa shape index (κ3) is 4.02. The van der Waals surface area contributed by atoms with Gasteiger partial charge in [0.1, 0.15) is 10.3 Å². The normalized spacial score (nSPS) is 15.1. The zero-order valence-corrected chi connectivity index (χ0v) is 12.8. The summed E-state index contributed by atoms with van der Waals surface area (Å²) in [5.41, 5.74) is 0. The summed E-state index contributed by atoms with van der Waals surface area (Å²) in [7, 11) is -3.76. The average molecular weight is 305 g/mol. The van der Waals surface area contributed by atoms with Gasteiger partial charge in [-0.2, -0.15) is 4.72 Å². The molecule has 19 heavy (non-hydrogen) atoms. The lowest BCUT2D eigenvalue weighted by Crippen LogP contribution is -2.44. The predicted molar refractivity (Wildman–Crippen MR) is 74.9 cm³/mol. The molecule has 1 rings (SSSR count). The average Bonchev–Trinajstić information content (AvgIpc) is 2.84. The van der Waals surface area contributed by atoms with Gasteiger partial charge in [0, 0.05) is 4.88 Å². The molecule has 0 saturated carbocycles. The molecular weight excluding hydrogens is 286 g/mol. The summed E-state index contributed by atoms with van der Waals surface area (Å²) in [6, 6.07) is 2.17. The second kappa shape index (κ2) is 6.49. The van der Waals surface area contributed by atoms with Crippen LogP contribution in [-0.4, -0.2) is 25.5 Å². The van der Waals surface area contributed by atoms with Crippen LogP contribution in [0.25, 0.3) is 0 Å². The van der Waals surface area contributed by atoms with Crippen molar-refractivity contribution in [2.75, 3.05) is 0 Å². The van der Waals surface area contributed by atoms with Crippen LogP contribution in [0.2, 0.25) is 0 Å². The van der Waals surface area contributed by atoms with Crippen molar-refractivity contribution in [3.8, 4) is 0 Å². The molecule has 0 aliphatic rings. The molecule has 1 heterocycles. The smallest absolute Gasteiger partial charge is 0.322 e. The molecule has 2 unspecified atom stereocenters. The molecule has 1 aromatic rings. The Bertz CT molecular complexity index is 536. The Hall–Kier alpha value is -0.920. The fourth-order valence-corrected chi connectivity index (χ4v) is 4.17. The molecule has 1 aromatic heterocycles. The van der Waals surface area contributed by atoms with Crippen LogP contribution in [0, 0.1) is 5.92 Å². The first-order chi connectivity index (χ1) is 8.81. The molecule has 0 saturated heterocycles. The number of rotatable bonds is 7. The van der Waals surface area contributed by atoms with Crippen LogP contribution in [-0.2, 0) is 21.2 Å². The minimum Gasteiger partial charge on any atom is -0.480 e. The number of aryl methyl sites for hydroxylation is 1. The molecule has 0 aromatic carbocycles. The van der Waals surface area contributed by atoms with E-state index < -0.39 is 22.0 Å². The van der Waals surface area contributed by atoms with Crippen LogP contribution in [0.15, 0.2) is 16.3 Å². The van der Waals surface area contributed by atoms with Gasteiger partial charge >= 0.3 is 5.97 Å². The fourth-order valence-electron chi connectivity index (χ4n) is 1.56. The lowest BCUT2D eigenvalue weighted by Gasteiger charge is -2.19. The monoisotopic (exact) mass is 305 g/mol. The van der Waals surface area contributed by atoms with Gasteiger partial charge in [-0.3, -0.25) is 4.79 Å². The van der Waals surface area contributed by atoms with Crippen molar-refractivity contribution in [3.05, 3.63) is 17.0 Å². The van der Waals surface area contributed by atoms with Crippen molar-refractivity contribution < 1.29 is 18.3 Å². The van der Waals surface area contributed by atoms with E-state index in [0.29, 0.717) is 6.42 Å². The number of nitrogens with one attached hydrogen (secondary N) is 1. The van der Waals surface area contributed by atoms with Gasteiger partial charge in [-0.05, 0) is 24.5 Å². The maximum atomic E-state index is 12.1. The van der Waals surface area contributed by atoms with Crippen LogP contribution in [0.1, 0.15) is 32.1 Å². The Morgan fingerprint density at radius 1 is 1.42 bits per heavy atom. The van der Waals surface area contributed by atoms with Gasteiger partial charge < -0.3 is 5.11 Å². The van der Waals surface area contributed by atoms with Crippen LogP contribution in [0.4, 0.5) is 0 Å². The molecule has 5 nitrogen and oxygen atoms in total. The van der Waals surface area contributed by atoms with E-state index in [4.69, 9.17) is 5.11 Å². The molecule has 2 N–H and O–H groups in total. The van der Waals surface area contributed by atoms with E-state index in [2.05, 4.69) is 4.72 Å². The topological polar surface area (TPSA) is 83.5 Å². The summed E-state index contributed by atoms with van der Waals surface area (Å²) in [4.78, 5) is 12.1. The molecule has 0 bridgehead atoms. The van der Waals surface area contributed by atoms with Crippen molar-refractivity contribution in [2.45, 2.75) is 43.9 Å². The Kier molecular flexibility index (Phi) is 5.51. The highest BCUT2D eigenvalue weighted by molar-refractivity contribution is 7.91. The van der Waals surface area contributed by atoms with Crippen molar-refractivity contribution in [1.82, 2.24) is 4.72 Å². The largest absolute Gasteiger partial charge is 0.480 e. The predicted octanol–water partition coefficient (Wildman–Crippen LogP) is 2.09. The first kappa shape index (κ1) is 16.1. The fraction of sp³-hybridized carbons (Fsp3) is 0.583. The van der Waals surface area contributed by atoms with E-state index in [1.807, 2.05) is 13.8 Å². The molecular formula is C12H19NO4S2. The number of carboxylic acid groups (broad SMARTS) is 1. The minimum absolute atomic E-state index is 0.166. The van der Waals surface area contributed by atoms with Crippen LogP contribution in [0.3, 0.4) is 0 Å². The molecule has 0 fully saturated rings. The van der Waals surface area contributed by atoms with E-state index >= 15 is 0 Å². The first-order valence-electron chi connectivity index (χ1n) is 6.15. The van der Waals surface area contributed by atoms with Gasteiger partial charge in [0.25, 0.3) is 10.0 Å². The number of aliphatic carboxylic acids is 1. The van der Waals surface area contributed by atoms with Crippen molar-refractivity contribution in [1.29, 1.82) is 0 Å². The molecule has 0 spiro atoms. The molecule has 0 radical (unpaired) electrons. The highest BCUT2D eigenvalue weighted by atomic mass is 32.2. The summed E-state index contributed by atoms with van der Waals surface area (Å²) in [5.74, 6) is -1.41. The molecule has 0 aliphatic carbocycles. The van der Waals surface area contributed by atoms with Crippen molar-refractivity contribution >= 4 is 27.3 Å². The van der Waals surface area contributed by atoms with Gasteiger partial charge in [-0.1, -0.05) is 27.2 Å². The Labute approximate surface area is 117 Å². The van der Waals surface area contributed by atoms with E-state index in [1.54, 1.807) is 13.0 Å². The van der Waals surface area contributed by atoms with Crippen LogP contribution >= 0.6 is 11.3 Å². The lowest BCUT2D eigenvalue weighted by atomic mass is 10.0. The third-order valence-corrected chi connectivity index (χ3v) is 6.17. The minimum atomic E-state index is -3.76. The van der Waals surface area contributed by atoms with Crippen molar-refractivity contribution in [3.63, 3.8) is 0 Å². The third-order valence-electron chi connectivity index (χ3n) is 3.01. The number of carbonyl (C=O) groups is 1. The summed E-state index contributed by atoms with van der Waals surface area (Å²) in [6.45, 7) is 5.48. The summed E-state index contributed by atoms with van der Waals surface area (Å²) >= 11 is 1.17. The second-order valence-electron chi connectivity index (χ2n) is 4.40. The zero-order valence-electron chi connectivity index (χ0n) is 11.2. The summed E-state index contributed by atoms with van der Waals surface area (Å²) < 4.78 is 26.7. The number of thiophene rings is 1. The first-order valence-corrected chi connectivity index (χ1v) is 8.45. The van der Waals surface area contributed by atoms with Crippen molar-refractivity contribution in [2.24, 2.45) is 5.92 Å². The number of hydrogen-bond donors (Lipinski definition) is 2. The molecule has 0 aliphatic heterocycles. The Balaban J connectivity index is 2.97.